The number of ether oxygens (including phenoxy) is 2. The van der Waals surface area contributed by atoms with E-state index in [4.69, 9.17) is 16.3 Å². The number of aromatic nitrogens is 5. The Kier molecular flexibility index (Phi) is 5.57. The normalized spacial score (nSPS) is 15.6. The lowest BCUT2D eigenvalue weighted by atomic mass is 10.1. The molecule has 0 saturated carbocycles. The fourth-order valence-electron chi connectivity index (χ4n) is 3.63. The number of cyclic esters (lactones) is 1. The third kappa shape index (κ3) is 4.03. The number of alkyl halides is 2. The van der Waals surface area contributed by atoms with Gasteiger partial charge in [0, 0.05) is 29.4 Å². The topological polar surface area (TPSA) is 113 Å². The molecule has 0 unspecified atom stereocenters. The number of carbonyl (C=O) groups excluding carboxylic acids is 2. The zero-order valence-corrected chi connectivity index (χ0v) is 17.9. The highest BCUT2D eigenvalue weighted by Crippen LogP contribution is 2.38. The fraction of sp³-hybridized carbons (Fsp3) is 0.190. The second-order valence-electron chi connectivity index (χ2n) is 7.26. The average Bonchev–Trinajstić information content (AvgIpc) is 3.52. The number of nitrogens with zero attached hydrogens (tertiary/aromatic N) is 5. The Hall–Kier alpha value is -4.06. The van der Waals surface area contributed by atoms with E-state index < -0.39 is 24.5 Å². The van der Waals surface area contributed by atoms with Gasteiger partial charge in [0.05, 0.1) is 24.7 Å². The maximum atomic E-state index is 13.1. The molecule has 0 spiro atoms. The molecule has 4 heterocycles. The summed E-state index contributed by atoms with van der Waals surface area (Å²) < 4.78 is 38.5. The predicted octanol–water partition coefficient (Wildman–Crippen LogP) is 3.59. The van der Waals surface area contributed by atoms with Gasteiger partial charge >= 0.3 is 12.6 Å². The van der Waals surface area contributed by atoms with Crippen LogP contribution in [0.5, 0.6) is 5.75 Å². The number of fused-ring (bicyclic) bond motifs is 1. The molecule has 3 aromatic heterocycles. The lowest BCUT2D eigenvalue weighted by molar-refractivity contribution is -0.140. The third-order valence-electron chi connectivity index (χ3n) is 5.14. The van der Waals surface area contributed by atoms with E-state index in [1.807, 2.05) is 0 Å². The Morgan fingerprint density at radius 1 is 1.35 bits per heavy atom. The number of carbonyl (C=O) groups is 2. The minimum Gasteiger partial charge on any atom is -0.464 e. The van der Waals surface area contributed by atoms with Crippen molar-refractivity contribution in [2.24, 2.45) is 0 Å². The molecule has 1 fully saturated rings. The van der Waals surface area contributed by atoms with E-state index in [9.17, 15) is 18.4 Å². The highest BCUT2D eigenvalue weighted by atomic mass is 35.5. The first-order valence-electron chi connectivity index (χ1n) is 10.0. The van der Waals surface area contributed by atoms with Gasteiger partial charge in [0.2, 0.25) is 0 Å². The lowest BCUT2D eigenvalue weighted by Gasteiger charge is -2.11. The molecule has 1 N–H and O–H groups in total. The lowest BCUT2D eigenvalue weighted by Crippen LogP contribution is -2.15. The largest absolute Gasteiger partial charge is 0.464 e. The van der Waals surface area contributed by atoms with Gasteiger partial charge < -0.3 is 14.8 Å². The number of halogens is 3. The molecule has 0 aliphatic carbocycles. The molecule has 34 heavy (non-hydrogen) atoms. The van der Waals surface area contributed by atoms with E-state index in [1.165, 1.54) is 46.0 Å². The van der Waals surface area contributed by atoms with Crippen molar-refractivity contribution in [2.45, 2.75) is 19.1 Å². The van der Waals surface area contributed by atoms with Crippen LogP contribution in [0.1, 0.15) is 22.8 Å². The molecule has 0 radical (unpaired) electrons. The molecule has 0 bridgehead atoms. The first-order valence-corrected chi connectivity index (χ1v) is 10.4. The molecule has 1 aliphatic rings. The Balaban J connectivity index is 1.59. The zero-order valence-electron chi connectivity index (χ0n) is 17.2. The van der Waals surface area contributed by atoms with Gasteiger partial charge in [-0.25, -0.2) is 14.3 Å². The molecule has 4 aromatic rings. The maximum absolute atomic E-state index is 13.1. The third-order valence-corrected chi connectivity index (χ3v) is 5.38. The Morgan fingerprint density at radius 3 is 2.97 bits per heavy atom. The minimum absolute atomic E-state index is 0.0793. The number of esters is 1. The van der Waals surface area contributed by atoms with E-state index in [0.717, 1.165) is 0 Å². The Labute approximate surface area is 195 Å². The predicted molar refractivity (Wildman–Crippen MR) is 115 cm³/mol. The molecule has 1 amide bonds. The van der Waals surface area contributed by atoms with Crippen LogP contribution in [0.2, 0.25) is 5.02 Å². The number of amides is 1. The fourth-order valence-corrected chi connectivity index (χ4v) is 3.80. The van der Waals surface area contributed by atoms with Crippen molar-refractivity contribution in [1.29, 1.82) is 0 Å². The van der Waals surface area contributed by atoms with Crippen molar-refractivity contribution in [1.82, 2.24) is 24.4 Å². The summed E-state index contributed by atoms with van der Waals surface area (Å²) in [6, 6.07) is 4.96. The summed E-state index contributed by atoms with van der Waals surface area (Å²) in [5.41, 5.74) is 0.815. The summed E-state index contributed by atoms with van der Waals surface area (Å²) >= 11 is 6.11. The van der Waals surface area contributed by atoms with E-state index in [-0.39, 0.29) is 39.9 Å². The summed E-state index contributed by atoms with van der Waals surface area (Å²) in [5, 5.41) is 11.4. The van der Waals surface area contributed by atoms with Gasteiger partial charge in [-0.3, -0.25) is 9.48 Å². The van der Waals surface area contributed by atoms with Crippen LogP contribution in [0.15, 0.2) is 49.1 Å². The monoisotopic (exact) mass is 488 g/mol. The zero-order chi connectivity index (χ0) is 23.8. The van der Waals surface area contributed by atoms with Crippen molar-refractivity contribution in [3.63, 3.8) is 0 Å². The van der Waals surface area contributed by atoms with Gasteiger partial charge in [-0.05, 0) is 24.3 Å². The summed E-state index contributed by atoms with van der Waals surface area (Å²) in [7, 11) is 0. The van der Waals surface area contributed by atoms with Gasteiger partial charge in [-0.15, -0.1) is 0 Å². The number of rotatable bonds is 6. The molecule has 10 nitrogen and oxygen atoms in total. The molecule has 13 heteroatoms. The molecule has 174 valence electrons. The molecule has 1 aromatic carbocycles. The van der Waals surface area contributed by atoms with E-state index >= 15 is 0 Å². The molecular weight excluding hydrogens is 474 g/mol. The summed E-state index contributed by atoms with van der Waals surface area (Å²) in [4.78, 5) is 29.4. The molecule has 1 saturated heterocycles. The van der Waals surface area contributed by atoms with E-state index in [2.05, 4.69) is 25.2 Å². The Morgan fingerprint density at radius 2 is 2.21 bits per heavy atom. The van der Waals surface area contributed by atoms with Gasteiger partial charge in [0.25, 0.3) is 5.91 Å². The SMILES string of the molecule is O=C(Nc1cn([C@H]2CCOC2=O)nc1-c1cc(Cl)ccc1OC(F)F)c1cnn2cccnc12. The van der Waals surface area contributed by atoms with Crippen molar-refractivity contribution >= 4 is 34.8 Å². The number of hydrogen-bond acceptors (Lipinski definition) is 7. The van der Waals surface area contributed by atoms with Crippen LogP contribution >= 0.6 is 11.6 Å². The van der Waals surface area contributed by atoms with Crippen molar-refractivity contribution in [3.05, 3.63) is 59.6 Å². The van der Waals surface area contributed by atoms with Gasteiger partial charge in [-0.1, -0.05) is 11.6 Å². The number of anilines is 1. The maximum Gasteiger partial charge on any atom is 0.387 e. The van der Waals surface area contributed by atoms with Crippen molar-refractivity contribution in [3.8, 4) is 17.0 Å². The van der Waals surface area contributed by atoms with Crippen LogP contribution in [0.25, 0.3) is 16.9 Å². The van der Waals surface area contributed by atoms with E-state index in [0.29, 0.717) is 12.1 Å². The first-order chi connectivity index (χ1) is 16.4. The highest BCUT2D eigenvalue weighted by molar-refractivity contribution is 6.31. The van der Waals surface area contributed by atoms with Gasteiger partial charge in [0.15, 0.2) is 11.7 Å². The minimum atomic E-state index is -3.10. The summed E-state index contributed by atoms with van der Waals surface area (Å²) in [5.74, 6) is -1.26. The van der Waals surface area contributed by atoms with E-state index in [1.54, 1.807) is 12.3 Å². The van der Waals surface area contributed by atoms with Crippen LogP contribution in [0, 0.1) is 0 Å². The number of hydrogen-bond donors (Lipinski definition) is 1. The second-order valence-corrected chi connectivity index (χ2v) is 7.70. The summed E-state index contributed by atoms with van der Waals surface area (Å²) in [6.07, 6.45) is 6.29. The number of nitrogens with one attached hydrogen (secondary N) is 1. The van der Waals surface area contributed by atoms with Crippen LogP contribution < -0.4 is 10.1 Å². The van der Waals surface area contributed by atoms with Crippen molar-refractivity contribution in [2.75, 3.05) is 11.9 Å². The molecular formula is C21H15ClF2N6O4. The van der Waals surface area contributed by atoms with Crippen LogP contribution in [-0.4, -0.2) is 49.5 Å². The Bertz CT molecular complexity index is 1410. The molecule has 1 atom stereocenters. The molecule has 1 aliphatic heterocycles. The van der Waals surface area contributed by atoms with Crippen LogP contribution in [-0.2, 0) is 9.53 Å². The van der Waals surface area contributed by atoms with Crippen LogP contribution in [0.3, 0.4) is 0 Å². The summed E-state index contributed by atoms with van der Waals surface area (Å²) in [6.45, 7) is -2.89. The van der Waals surface area contributed by atoms with Crippen molar-refractivity contribution < 1.29 is 27.8 Å². The standard InChI is InChI=1S/C21H15ClF2N6O4/c22-11-2-3-16(34-21(23)24)12(8-11)17-14(10-30(28-17)15-4-7-33-20(15)32)27-19(31)13-9-26-29-6-1-5-25-18(13)29/h1-3,5-6,8-10,15,21H,4,7H2,(H,27,31)/t15-/m0/s1. The average molecular weight is 489 g/mol. The quantitative estimate of drug-likeness (QED) is 0.413. The second kappa shape index (κ2) is 8.71. The van der Waals surface area contributed by atoms with Crippen LogP contribution in [0.4, 0.5) is 14.5 Å². The van der Waals surface area contributed by atoms with Gasteiger partial charge in [-0.2, -0.15) is 19.0 Å². The number of benzene rings is 1. The molecule has 5 rings (SSSR count). The highest BCUT2D eigenvalue weighted by Gasteiger charge is 2.31. The smallest absolute Gasteiger partial charge is 0.387 e. The first kappa shape index (κ1) is 21.8. The van der Waals surface area contributed by atoms with Gasteiger partial charge in [0.1, 0.15) is 17.0 Å².